The molecule has 2 aromatic heterocycles. The van der Waals surface area contributed by atoms with Crippen molar-refractivity contribution >= 4 is 44.6 Å². The maximum atomic E-state index is 12.4. The van der Waals surface area contributed by atoms with Crippen molar-refractivity contribution in [2.75, 3.05) is 19.8 Å². The molecule has 0 unspecified atom stereocenters. The van der Waals surface area contributed by atoms with Gasteiger partial charge in [0, 0.05) is 19.6 Å². The number of oxazole rings is 1. The lowest BCUT2D eigenvalue weighted by molar-refractivity contribution is -0.119. The second kappa shape index (κ2) is 6.80. The normalized spacial score (nSPS) is 13.0. The van der Waals surface area contributed by atoms with E-state index in [0.717, 1.165) is 4.31 Å². The lowest BCUT2D eigenvalue weighted by Gasteiger charge is -2.20. The molecule has 11 heteroatoms. The smallest absolute Gasteiger partial charge is 0.328 e. The van der Waals surface area contributed by atoms with E-state index in [2.05, 4.69) is 15.5 Å². The summed E-state index contributed by atoms with van der Waals surface area (Å²) in [4.78, 5) is 12.2. The Morgan fingerprint density at radius 1 is 1.30 bits per heavy atom. The largest absolute Gasteiger partial charge is 0.422 e. The Labute approximate surface area is 161 Å². The highest BCUT2D eigenvalue weighted by molar-refractivity contribution is 7.99. The lowest BCUT2D eigenvalue weighted by Crippen LogP contribution is -2.41. The van der Waals surface area contributed by atoms with Crippen LogP contribution in [0.4, 0.5) is 0 Å². The van der Waals surface area contributed by atoms with Gasteiger partial charge in [-0.1, -0.05) is 16.9 Å². The van der Waals surface area contributed by atoms with Crippen LogP contribution in [0.1, 0.15) is 20.8 Å². The minimum atomic E-state index is -3.59. The van der Waals surface area contributed by atoms with Gasteiger partial charge >= 0.3 is 5.84 Å². The van der Waals surface area contributed by atoms with Crippen molar-refractivity contribution < 1.29 is 17.6 Å². The number of amides is 1. The van der Waals surface area contributed by atoms with Gasteiger partial charge in [-0.15, -0.1) is 5.10 Å². The van der Waals surface area contributed by atoms with E-state index in [1.165, 1.54) is 38.0 Å². The first-order valence-corrected chi connectivity index (χ1v) is 10.6. The van der Waals surface area contributed by atoms with Crippen LogP contribution in [0.3, 0.4) is 0 Å². The molecular weight excluding hydrogens is 390 g/mol. The van der Waals surface area contributed by atoms with Crippen molar-refractivity contribution in [3.05, 3.63) is 18.2 Å². The number of thioether (sulfide) groups is 1. The summed E-state index contributed by atoms with van der Waals surface area (Å²) < 4.78 is 33.2. The third kappa shape index (κ3) is 3.94. The molecule has 3 rings (SSSR count). The van der Waals surface area contributed by atoms with Gasteiger partial charge in [0.25, 0.3) is 0 Å². The molecule has 1 N–H and O–H groups in total. The molecule has 0 fully saturated rings. The first-order valence-electron chi connectivity index (χ1n) is 8.13. The van der Waals surface area contributed by atoms with E-state index < -0.39 is 10.0 Å². The molecule has 1 aromatic carbocycles. The Bertz CT molecular complexity index is 1110. The van der Waals surface area contributed by atoms with Gasteiger partial charge < -0.3 is 9.73 Å². The zero-order valence-electron chi connectivity index (χ0n) is 15.7. The van der Waals surface area contributed by atoms with Crippen LogP contribution >= 0.6 is 11.8 Å². The molecular formula is C16H21N5O4S2. The van der Waals surface area contributed by atoms with Crippen molar-refractivity contribution in [1.82, 2.24) is 24.2 Å². The van der Waals surface area contributed by atoms with Crippen molar-refractivity contribution in [2.45, 2.75) is 36.4 Å². The highest BCUT2D eigenvalue weighted by Crippen LogP contribution is 2.28. The number of aromatic nitrogens is 3. The van der Waals surface area contributed by atoms with Crippen molar-refractivity contribution in [3.63, 3.8) is 0 Å². The summed E-state index contributed by atoms with van der Waals surface area (Å²) in [5.41, 5.74) is 0.686. The molecule has 0 radical (unpaired) electrons. The maximum Gasteiger partial charge on any atom is 0.328 e. The molecule has 9 nitrogen and oxygen atoms in total. The Kier molecular flexibility index (Phi) is 4.95. The quantitative estimate of drug-likeness (QED) is 0.637. The van der Waals surface area contributed by atoms with Crippen LogP contribution < -0.4 is 5.32 Å². The van der Waals surface area contributed by atoms with Gasteiger partial charge in [-0.3, -0.25) is 4.79 Å². The van der Waals surface area contributed by atoms with E-state index >= 15 is 0 Å². The second-order valence-electron chi connectivity index (χ2n) is 7.21. The number of nitrogens with zero attached hydrogens (tertiary/aromatic N) is 4. The van der Waals surface area contributed by atoms with E-state index in [-0.39, 0.29) is 27.9 Å². The van der Waals surface area contributed by atoms with E-state index in [1.54, 1.807) is 10.5 Å². The minimum Gasteiger partial charge on any atom is -0.422 e. The molecule has 146 valence electrons. The van der Waals surface area contributed by atoms with Crippen LogP contribution in [0.25, 0.3) is 16.9 Å². The summed E-state index contributed by atoms with van der Waals surface area (Å²) >= 11 is 1.20. The van der Waals surface area contributed by atoms with Crippen LogP contribution in [-0.4, -0.2) is 58.6 Å². The molecule has 3 aromatic rings. The summed E-state index contributed by atoms with van der Waals surface area (Å²) in [5, 5.41) is 11.3. The van der Waals surface area contributed by atoms with Gasteiger partial charge in [-0.25, -0.2) is 17.1 Å². The second-order valence-corrected chi connectivity index (χ2v) is 10.3. The Balaban J connectivity index is 1.97. The summed E-state index contributed by atoms with van der Waals surface area (Å²) in [6.07, 6.45) is 0. The van der Waals surface area contributed by atoms with Gasteiger partial charge in [0.2, 0.25) is 15.9 Å². The van der Waals surface area contributed by atoms with E-state index in [0.29, 0.717) is 16.3 Å². The summed E-state index contributed by atoms with van der Waals surface area (Å²) in [7, 11) is -0.649. The number of rotatable bonds is 5. The Hall–Kier alpha value is -2.11. The fraction of sp³-hybridized carbons (Fsp3) is 0.438. The molecule has 27 heavy (non-hydrogen) atoms. The predicted molar refractivity (Wildman–Crippen MR) is 102 cm³/mol. The zero-order valence-corrected chi connectivity index (χ0v) is 17.3. The van der Waals surface area contributed by atoms with Crippen LogP contribution in [0.15, 0.2) is 32.7 Å². The van der Waals surface area contributed by atoms with Crippen LogP contribution in [0, 0.1) is 0 Å². The van der Waals surface area contributed by atoms with Crippen molar-refractivity contribution in [3.8, 4) is 0 Å². The maximum absolute atomic E-state index is 12.4. The van der Waals surface area contributed by atoms with E-state index in [9.17, 15) is 13.2 Å². The van der Waals surface area contributed by atoms with Crippen LogP contribution in [-0.2, 0) is 14.8 Å². The number of hydrogen-bond acceptors (Lipinski definition) is 7. The number of benzene rings is 1. The lowest BCUT2D eigenvalue weighted by atomic mass is 10.1. The van der Waals surface area contributed by atoms with Crippen molar-refractivity contribution in [2.24, 2.45) is 0 Å². The molecule has 0 aliphatic rings. The fourth-order valence-electron chi connectivity index (χ4n) is 2.43. The number of nitrogens with one attached hydrogen (secondary N) is 1. The topological polar surface area (TPSA) is 110 Å². The van der Waals surface area contributed by atoms with Crippen LogP contribution in [0.5, 0.6) is 0 Å². The number of fused-ring (bicyclic) bond motifs is 3. The highest BCUT2D eigenvalue weighted by Gasteiger charge is 2.22. The first kappa shape index (κ1) is 19.6. The molecule has 0 saturated carbocycles. The van der Waals surface area contributed by atoms with Crippen molar-refractivity contribution in [1.29, 1.82) is 0 Å². The molecule has 0 aliphatic heterocycles. The fourth-order valence-corrected chi connectivity index (χ4v) is 4.09. The zero-order chi connectivity index (χ0) is 20.0. The predicted octanol–water partition coefficient (Wildman–Crippen LogP) is 1.73. The standard InChI is InChI=1S/C16H21N5O4S2/c1-16(2,3)17-13(22)9-26-15-19-18-14-21(15)11-8-10(6-7-12(11)25-14)27(23,24)20(4)5/h6-8H,9H2,1-5H3,(H,17,22). The third-order valence-electron chi connectivity index (χ3n) is 3.60. The molecule has 2 heterocycles. The molecule has 1 amide bonds. The Morgan fingerprint density at radius 2 is 2.00 bits per heavy atom. The van der Waals surface area contributed by atoms with Gasteiger partial charge in [0.1, 0.15) is 0 Å². The monoisotopic (exact) mass is 411 g/mol. The number of hydrogen-bond donors (Lipinski definition) is 1. The minimum absolute atomic E-state index is 0.132. The number of carbonyl (C=O) groups is 1. The van der Waals surface area contributed by atoms with Gasteiger partial charge in [-0.2, -0.15) is 0 Å². The summed E-state index contributed by atoms with van der Waals surface area (Å²) in [6, 6.07) is 4.59. The molecule has 0 bridgehead atoms. The van der Waals surface area contributed by atoms with E-state index in [1.807, 2.05) is 20.8 Å². The number of sulfonamides is 1. The summed E-state index contributed by atoms with van der Waals surface area (Å²) in [5.74, 6) is 0.261. The summed E-state index contributed by atoms with van der Waals surface area (Å²) in [6.45, 7) is 5.71. The highest BCUT2D eigenvalue weighted by atomic mass is 32.2. The van der Waals surface area contributed by atoms with E-state index in [4.69, 9.17) is 4.42 Å². The Morgan fingerprint density at radius 3 is 2.63 bits per heavy atom. The first-order chi connectivity index (χ1) is 12.5. The molecule has 0 saturated heterocycles. The van der Waals surface area contributed by atoms with Crippen LogP contribution in [0.2, 0.25) is 0 Å². The number of carbonyl (C=O) groups excluding carboxylic acids is 1. The van der Waals surface area contributed by atoms with Gasteiger partial charge in [0.05, 0.1) is 16.2 Å². The molecule has 0 atom stereocenters. The average Bonchev–Trinajstić information content (AvgIpc) is 3.09. The third-order valence-corrected chi connectivity index (χ3v) is 6.34. The van der Waals surface area contributed by atoms with Gasteiger partial charge in [-0.05, 0) is 39.0 Å². The van der Waals surface area contributed by atoms with Gasteiger partial charge in [0.15, 0.2) is 10.7 Å². The molecule has 0 spiro atoms. The SMILES string of the molecule is CN(C)S(=O)(=O)c1ccc2oc3nnc(SCC(=O)NC(C)(C)C)n3c2c1. The average molecular weight is 412 g/mol. The molecule has 0 aliphatic carbocycles.